The van der Waals surface area contributed by atoms with Crippen LogP contribution in [0.25, 0.3) is 28.1 Å². The third kappa shape index (κ3) is 4.52. The number of halogens is 2. The molecule has 0 aromatic heterocycles. The lowest BCUT2D eigenvalue weighted by atomic mass is 10.1. The van der Waals surface area contributed by atoms with Crippen molar-refractivity contribution in [3.05, 3.63) is 100 Å². The summed E-state index contributed by atoms with van der Waals surface area (Å²) in [6, 6.07) is 28.5. The molecule has 3 aliphatic rings. The first-order valence-corrected chi connectivity index (χ1v) is 12.7. The fourth-order valence-electron chi connectivity index (χ4n) is 4.84. The molecule has 0 amide bonds. The van der Waals surface area contributed by atoms with Crippen molar-refractivity contribution in [3.63, 3.8) is 0 Å². The average molecular weight is 499 g/mol. The van der Waals surface area contributed by atoms with Crippen LogP contribution in [0.1, 0.15) is 25.7 Å². The van der Waals surface area contributed by atoms with E-state index >= 15 is 0 Å². The number of nitrogens with zero attached hydrogens (tertiary/aromatic N) is 3. The minimum Gasteiger partial charge on any atom is -0.354 e. The van der Waals surface area contributed by atoms with E-state index in [-0.39, 0.29) is 0 Å². The zero-order chi connectivity index (χ0) is 23.8. The van der Waals surface area contributed by atoms with Gasteiger partial charge >= 0.3 is 0 Å². The minimum absolute atomic E-state index is 0.343. The van der Waals surface area contributed by atoms with Gasteiger partial charge in [0.2, 0.25) is 0 Å². The predicted octanol–water partition coefficient (Wildman–Crippen LogP) is 8.02. The Morgan fingerprint density at radius 1 is 0.829 bits per heavy atom. The maximum Gasteiger partial charge on any atom is 0.0900 e. The van der Waals surface area contributed by atoms with Crippen LogP contribution >= 0.6 is 23.2 Å². The topological polar surface area (TPSA) is 42.2 Å². The molecule has 6 rings (SSSR count). The first-order valence-electron chi connectivity index (χ1n) is 11.9. The smallest absolute Gasteiger partial charge is 0.0900 e. The Morgan fingerprint density at radius 3 is 2.26 bits per heavy atom. The number of hydrogen-bond acceptors (Lipinski definition) is 3. The largest absolute Gasteiger partial charge is 0.354 e. The van der Waals surface area contributed by atoms with Gasteiger partial charge in [0.05, 0.1) is 39.5 Å². The van der Waals surface area contributed by atoms with Gasteiger partial charge in [0.1, 0.15) is 0 Å². The van der Waals surface area contributed by atoms with Crippen molar-refractivity contribution >= 4 is 45.6 Å². The summed E-state index contributed by atoms with van der Waals surface area (Å²) in [5.41, 5.74) is 6.79. The van der Waals surface area contributed by atoms with E-state index in [1.165, 1.54) is 12.8 Å². The van der Waals surface area contributed by atoms with Crippen molar-refractivity contribution in [2.24, 2.45) is 4.99 Å². The Bertz CT molecular complexity index is 1530. The quantitative estimate of drug-likeness (QED) is 0.255. The highest BCUT2D eigenvalue weighted by Crippen LogP contribution is 2.31. The second kappa shape index (κ2) is 9.37. The highest BCUT2D eigenvalue weighted by molar-refractivity contribution is 6.30. The van der Waals surface area contributed by atoms with Gasteiger partial charge in [-0.1, -0.05) is 48.2 Å². The molecule has 3 aromatic carbocycles. The van der Waals surface area contributed by atoms with Gasteiger partial charge in [-0.2, -0.15) is 0 Å². The highest BCUT2D eigenvalue weighted by Gasteiger charge is 2.18. The van der Waals surface area contributed by atoms with Crippen LogP contribution in [0.4, 0.5) is 11.4 Å². The zero-order valence-corrected chi connectivity index (χ0v) is 20.6. The van der Waals surface area contributed by atoms with Gasteiger partial charge < -0.3 is 9.88 Å². The van der Waals surface area contributed by atoms with Crippen LogP contribution in [0.15, 0.2) is 89.9 Å². The Hall–Kier alpha value is -3.34. The van der Waals surface area contributed by atoms with Crippen molar-refractivity contribution in [2.75, 3.05) is 5.32 Å². The molecule has 1 N–H and O–H groups in total. The Labute approximate surface area is 214 Å². The lowest BCUT2D eigenvalue weighted by molar-refractivity contribution is 0.687. The van der Waals surface area contributed by atoms with E-state index in [4.69, 9.17) is 33.2 Å². The van der Waals surface area contributed by atoms with E-state index in [2.05, 4.69) is 28.1 Å². The Balaban J connectivity index is 1.62. The van der Waals surface area contributed by atoms with E-state index < -0.39 is 0 Å². The lowest BCUT2D eigenvalue weighted by Gasteiger charge is -2.20. The van der Waals surface area contributed by atoms with E-state index in [9.17, 15) is 0 Å². The fourth-order valence-corrected chi connectivity index (χ4v) is 5.09. The summed E-state index contributed by atoms with van der Waals surface area (Å²) >= 11 is 12.3. The van der Waals surface area contributed by atoms with Crippen LogP contribution in [-0.2, 0) is 0 Å². The van der Waals surface area contributed by atoms with Gasteiger partial charge in [0.15, 0.2) is 0 Å². The number of nitrogens with one attached hydrogen (secondary N) is 1. The second-order valence-electron chi connectivity index (χ2n) is 8.97. The molecular weight excluding hydrogens is 475 g/mol. The first-order chi connectivity index (χ1) is 17.1. The normalized spacial score (nSPS) is 14.7. The first kappa shape index (κ1) is 22.1. The molecule has 0 spiro atoms. The molecule has 3 aromatic rings. The van der Waals surface area contributed by atoms with Crippen molar-refractivity contribution in [1.29, 1.82) is 0 Å². The Kier molecular flexibility index (Phi) is 5.93. The number of fused-ring (bicyclic) bond motifs is 2. The van der Waals surface area contributed by atoms with Crippen LogP contribution in [0.3, 0.4) is 0 Å². The highest BCUT2D eigenvalue weighted by atomic mass is 35.5. The summed E-state index contributed by atoms with van der Waals surface area (Å²) in [6.45, 7) is 0. The van der Waals surface area contributed by atoms with Crippen molar-refractivity contribution < 1.29 is 0 Å². The molecular formula is C29H24Cl2N4. The van der Waals surface area contributed by atoms with Crippen molar-refractivity contribution in [2.45, 2.75) is 31.7 Å². The van der Waals surface area contributed by atoms with Crippen LogP contribution in [-0.4, -0.2) is 15.6 Å². The summed E-state index contributed by atoms with van der Waals surface area (Å²) < 4.78 is 2.24. The molecule has 0 unspecified atom stereocenters. The molecule has 2 aliphatic carbocycles. The third-order valence-electron chi connectivity index (χ3n) is 6.55. The van der Waals surface area contributed by atoms with E-state index in [1.807, 2.05) is 66.7 Å². The summed E-state index contributed by atoms with van der Waals surface area (Å²) in [6.07, 6.45) is 4.73. The SMILES string of the molecule is Clc1ccc(Nc2cc3nc4ccccc4n(-c4ccc(Cl)cc4)c-3cc2=NC2CCCC2)cc1. The van der Waals surface area contributed by atoms with E-state index in [1.54, 1.807) is 0 Å². The predicted molar refractivity (Wildman–Crippen MR) is 145 cm³/mol. The zero-order valence-electron chi connectivity index (χ0n) is 19.1. The van der Waals surface area contributed by atoms with Gasteiger partial charge in [0.25, 0.3) is 0 Å². The van der Waals surface area contributed by atoms with Crippen LogP contribution < -0.4 is 10.7 Å². The van der Waals surface area contributed by atoms with Crippen molar-refractivity contribution in [1.82, 2.24) is 9.55 Å². The number of anilines is 2. The molecule has 0 atom stereocenters. The molecule has 4 nitrogen and oxygen atoms in total. The maximum absolute atomic E-state index is 6.21. The fraction of sp³-hybridized carbons (Fsp3) is 0.172. The number of rotatable bonds is 4. The molecule has 1 saturated carbocycles. The molecule has 0 saturated heterocycles. The van der Waals surface area contributed by atoms with Crippen LogP contribution in [0.5, 0.6) is 0 Å². The summed E-state index contributed by atoms with van der Waals surface area (Å²) in [4.78, 5) is 10.2. The summed E-state index contributed by atoms with van der Waals surface area (Å²) in [5.74, 6) is 0. The Morgan fingerprint density at radius 2 is 1.51 bits per heavy atom. The second-order valence-corrected chi connectivity index (χ2v) is 9.84. The summed E-state index contributed by atoms with van der Waals surface area (Å²) in [5, 5.41) is 5.93. The molecule has 1 heterocycles. The molecule has 1 fully saturated rings. The number of para-hydroxylation sites is 2. The standard InChI is InChI=1S/C29H24Cl2N4/c30-19-9-13-22(14-10-19)33-25-17-27-29(18-26(25)32-21-5-1-2-6-21)35(23-15-11-20(31)12-16-23)28-8-4-3-7-24(28)34-27/h3-4,7-18,21,33H,1-2,5-6H2. The maximum atomic E-state index is 6.21. The lowest BCUT2D eigenvalue weighted by Crippen LogP contribution is -2.17. The van der Waals surface area contributed by atoms with Crippen LogP contribution in [0, 0.1) is 0 Å². The van der Waals surface area contributed by atoms with Crippen molar-refractivity contribution in [3.8, 4) is 17.1 Å². The number of hydrogen-bond donors (Lipinski definition) is 1. The van der Waals surface area contributed by atoms with E-state index in [0.29, 0.717) is 16.1 Å². The molecule has 1 aliphatic heterocycles. The molecule has 6 heteroatoms. The van der Waals surface area contributed by atoms with Gasteiger partial charge in [-0.25, -0.2) is 4.98 Å². The molecule has 0 bridgehead atoms. The minimum atomic E-state index is 0.343. The van der Waals surface area contributed by atoms with Gasteiger partial charge in [0, 0.05) is 21.4 Å². The van der Waals surface area contributed by atoms with Gasteiger partial charge in [-0.3, -0.25) is 4.99 Å². The average Bonchev–Trinajstić information content (AvgIpc) is 3.38. The van der Waals surface area contributed by atoms with E-state index in [0.717, 1.165) is 57.7 Å². The summed E-state index contributed by atoms with van der Waals surface area (Å²) in [7, 11) is 0. The molecule has 174 valence electrons. The third-order valence-corrected chi connectivity index (χ3v) is 7.06. The molecule has 0 radical (unpaired) electrons. The van der Waals surface area contributed by atoms with Crippen LogP contribution in [0.2, 0.25) is 10.0 Å². The van der Waals surface area contributed by atoms with Gasteiger partial charge in [-0.15, -0.1) is 0 Å². The molecule has 35 heavy (non-hydrogen) atoms. The monoisotopic (exact) mass is 498 g/mol. The van der Waals surface area contributed by atoms with Gasteiger partial charge in [-0.05, 0) is 85.6 Å². The number of benzene rings is 4. The number of aromatic nitrogens is 2.